The number of aromatic carboxylic acids is 1. The van der Waals surface area contributed by atoms with Gasteiger partial charge in [-0.3, -0.25) is 0 Å². The summed E-state index contributed by atoms with van der Waals surface area (Å²) in [5, 5.41) is 12.1. The zero-order valence-corrected chi connectivity index (χ0v) is 13.6. The zero-order valence-electron chi connectivity index (χ0n) is 13.6. The van der Waals surface area contributed by atoms with E-state index in [4.69, 9.17) is 10.8 Å². The fraction of sp³-hybridized carbons (Fsp3) is 0.353. The number of aromatic nitrogens is 2. The largest absolute Gasteiger partial charge is 0.478 e. The van der Waals surface area contributed by atoms with E-state index in [1.807, 2.05) is 0 Å². The highest BCUT2D eigenvalue weighted by molar-refractivity contribution is 5.88. The number of anilines is 4. The van der Waals surface area contributed by atoms with Gasteiger partial charge >= 0.3 is 5.97 Å². The summed E-state index contributed by atoms with van der Waals surface area (Å²) in [4.78, 5) is 21.7. The Balaban J connectivity index is 1.81. The van der Waals surface area contributed by atoms with Gasteiger partial charge < -0.3 is 21.1 Å². The number of nitrogens with two attached hydrogens (primary N) is 1. The highest BCUT2D eigenvalue weighted by Crippen LogP contribution is 2.31. The molecule has 0 bridgehead atoms. The summed E-state index contributed by atoms with van der Waals surface area (Å²) < 4.78 is 0. The van der Waals surface area contributed by atoms with Crippen LogP contribution >= 0.6 is 0 Å². The van der Waals surface area contributed by atoms with Crippen molar-refractivity contribution >= 4 is 29.0 Å². The summed E-state index contributed by atoms with van der Waals surface area (Å²) in [6, 6.07) is 6.45. The first-order valence-corrected chi connectivity index (χ1v) is 8.00. The molecule has 1 atom stereocenters. The standard InChI is InChI=1S/C17H21N5O2/c1-11-3-2-8-22(9-11)16-14(18)15(19-10-20-16)21-13-6-4-12(5-7-13)17(23)24/h4-7,10-11H,2-3,8-9,18H2,1H3,(H,23,24)(H,19,20,21). The number of rotatable bonds is 4. The molecule has 1 saturated heterocycles. The molecule has 1 aromatic heterocycles. The third-order valence-corrected chi connectivity index (χ3v) is 4.21. The van der Waals surface area contributed by atoms with Crippen molar-refractivity contribution in [3.63, 3.8) is 0 Å². The lowest BCUT2D eigenvalue weighted by molar-refractivity contribution is 0.0697. The van der Waals surface area contributed by atoms with E-state index in [9.17, 15) is 4.79 Å². The number of nitrogens with zero attached hydrogens (tertiary/aromatic N) is 3. The van der Waals surface area contributed by atoms with Crippen LogP contribution in [0.15, 0.2) is 30.6 Å². The summed E-state index contributed by atoms with van der Waals surface area (Å²) in [7, 11) is 0. The average molecular weight is 327 g/mol. The third kappa shape index (κ3) is 3.40. The van der Waals surface area contributed by atoms with Crippen molar-refractivity contribution in [2.24, 2.45) is 5.92 Å². The van der Waals surface area contributed by atoms with Gasteiger partial charge in [0.25, 0.3) is 0 Å². The number of carboxylic acids is 1. The van der Waals surface area contributed by atoms with Gasteiger partial charge in [0, 0.05) is 18.8 Å². The van der Waals surface area contributed by atoms with Crippen molar-refractivity contribution in [3.8, 4) is 0 Å². The fourth-order valence-corrected chi connectivity index (χ4v) is 2.95. The number of carbonyl (C=O) groups is 1. The van der Waals surface area contributed by atoms with Gasteiger partial charge in [-0.1, -0.05) is 6.92 Å². The van der Waals surface area contributed by atoms with Crippen molar-refractivity contribution < 1.29 is 9.90 Å². The summed E-state index contributed by atoms with van der Waals surface area (Å²) in [5.74, 6) is 0.945. The average Bonchev–Trinajstić information content (AvgIpc) is 2.57. The van der Waals surface area contributed by atoms with E-state index in [1.165, 1.54) is 24.9 Å². The molecule has 4 N–H and O–H groups in total. The molecule has 1 unspecified atom stereocenters. The van der Waals surface area contributed by atoms with Crippen LogP contribution in [0, 0.1) is 5.92 Å². The summed E-state index contributed by atoms with van der Waals surface area (Å²) in [6.07, 6.45) is 3.85. The van der Waals surface area contributed by atoms with Crippen LogP contribution in [-0.2, 0) is 0 Å². The molecule has 1 aliphatic heterocycles. The van der Waals surface area contributed by atoms with Crippen molar-refractivity contribution in [1.29, 1.82) is 0 Å². The number of piperidine rings is 1. The van der Waals surface area contributed by atoms with Crippen LogP contribution in [-0.4, -0.2) is 34.1 Å². The molecule has 3 rings (SSSR count). The van der Waals surface area contributed by atoms with Gasteiger partial charge in [-0.2, -0.15) is 0 Å². The number of hydrogen-bond donors (Lipinski definition) is 3. The van der Waals surface area contributed by atoms with E-state index in [-0.39, 0.29) is 5.56 Å². The second-order valence-corrected chi connectivity index (χ2v) is 6.16. The van der Waals surface area contributed by atoms with Crippen molar-refractivity contribution in [1.82, 2.24) is 9.97 Å². The Hall–Kier alpha value is -2.83. The van der Waals surface area contributed by atoms with Gasteiger partial charge in [0.15, 0.2) is 11.6 Å². The number of hydrogen-bond acceptors (Lipinski definition) is 6. The van der Waals surface area contributed by atoms with E-state index in [1.54, 1.807) is 12.1 Å². The fourth-order valence-electron chi connectivity index (χ4n) is 2.95. The maximum atomic E-state index is 10.9. The normalized spacial score (nSPS) is 17.5. The molecule has 1 fully saturated rings. The number of nitrogen functional groups attached to an aromatic ring is 1. The third-order valence-electron chi connectivity index (χ3n) is 4.21. The molecule has 2 heterocycles. The second kappa shape index (κ2) is 6.74. The van der Waals surface area contributed by atoms with Crippen LogP contribution in [0.25, 0.3) is 0 Å². The van der Waals surface area contributed by atoms with Crippen LogP contribution in [0.2, 0.25) is 0 Å². The van der Waals surface area contributed by atoms with Crippen LogP contribution in [0.4, 0.5) is 23.0 Å². The predicted octanol–water partition coefficient (Wildman–Crippen LogP) is 2.74. The van der Waals surface area contributed by atoms with Crippen LogP contribution in [0.3, 0.4) is 0 Å². The zero-order chi connectivity index (χ0) is 17.1. The van der Waals surface area contributed by atoms with Gasteiger partial charge in [0.1, 0.15) is 12.0 Å². The topological polar surface area (TPSA) is 104 Å². The molecule has 7 nitrogen and oxygen atoms in total. The number of benzene rings is 1. The van der Waals surface area contributed by atoms with E-state index in [0.717, 1.165) is 31.0 Å². The molecule has 24 heavy (non-hydrogen) atoms. The Bertz CT molecular complexity index is 732. The lowest BCUT2D eigenvalue weighted by Gasteiger charge is -2.32. The summed E-state index contributed by atoms with van der Waals surface area (Å²) in [5.41, 5.74) is 7.73. The van der Waals surface area contributed by atoms with E-state index >= 15 is 0 Å². The Morgan fingerprint density at radius 3 is 2.75 bits per heavy atom. The van der Waals surface area contributed by atoms with Crippen molar-refractivity contribution in [2.75, 3.05) is 29.0 Å². The highest BCUT2D eigenvalue weighted by Gasteiger charge is 2.21. The van der Waals surface area contributed by atoms with Crippen molar-refractivity contribution in [3.05, 3.63) is 36.2 Å². The van der Waals surface area contributed by atoms with Crippen LogP contribution in [0.5, 0.6) is 0 Å². The monoisotopic (exact) mass is 327 g/mol. The molecular formula is C17H21N5O2. The molecular weight excluding hydrogens is 306 g/mol. The number of nitrogens with one attached hydrogen (secondary N) is 1. The minimum atomic E-state index is -0.954. The van der Waals surface area contributed by atoms with Crippen molar-refractivity contribution in [2.45, 2.75) is 19.8 Å². The van der Waals surface area contributed by atoms with Gasteiger partial charge in [-0.05, 0) is 43.0 Å². The maximum absolute atomic E-state index is 10.9. The second-order valence-electron chi connectivity index (χ2n) is 6.16. The summed E-state index contributed by atoms with van der Waals surface area (Å²) >= 11 is 0. The minimum absolute atomic E-state index is 0.235. The molecule has 0 radical (unpaired) electrons. The molecule has 7 heteroatoms. The maximum Gasteiger partial charge on any atom is 0.335 e. The Kier molecular flexibility index (Phi) is 4.50. The molecule has 0 amide bonds. The SMILES string of the molecule is CC1CCCN(c2ncnc(Nc3ccc(C(=O)O)cc3)c2N)C1. The lowest BCUT2D eigenvalue weighted by Crippen LogP contribution is -2.35. The molecule has 1 aliphatic rings. The van der Waals surface area contributed by atoms with Gasteiger partial charge in [-0.15, -0.1) is 0 Å². The minimum Gasteiger partial charge on any atom is -0.478 e. The highest BCUT2D eigenvalue weighted by atomic mass is 16.4. The summed E-state index contributed by atoms with van der Waals surface area (Å²) in [6.45, 7) is 4.11. The first-order chi connectivity index (χ1) is 11.5. The van der Waals surface area contributed by atoms with Gasteiger partial charge in [0.2, 0.25) is 0 Å². The van der Waals surface area contributed by atoms with Gasteiger partial charge in [0.05, 0.1) is 5.56 Å². The first-order valence-electron chi connectivity index (χ1n) is 8.00. The molecule has 2 aromatic rings. The van der Waals surface area contributed by atoms with Crippen LogP contribution < -0.4 is 16.0 Å². The van der Waals surface area contributed by atoms with Gasteiger partial charge in [-0.25, -0.2) is 14.8 Å². The molecule has 126 valence electrons. The predicted molar refractivity (Wildman–Crippen MR) is 93.7 cm³/mol. The van der Waals surface area contributed by atoms with E-state index in [2.05, 4.69) is 27.1 Å². The molecule has 1 aromatic carbocycles. The Morgan fingerprint density at radius 1 is 1.33 bits per heavy atom. The molecule has 0 saturated carbocycles. The molecule has 0 aliphatic carbocycles. The lowest BCUT2D eigenvalue weighted by atomic mass is 10.0. The number of carboxylic acid groups (broad SMARTS) is 1. The van der Waals surface area contributed by atoms with E-state index in [0.29, 0.717) is 17.4 Å². The first kappa shape index (κ1) is 16.0. The Labute approximate surface area is 140 Å². The molecule has 0 spiro atoms. The smallest absolute Gasteiger partial charge is 0.335 e. The Morgan fingerprint density at radius 2 is 2.08 bits per heavy atom. The quantitative estimate of drug-likeness (QED) is 0.793. The van der Waals surface area contributed by atoms with Crippen LogP contribution in [0.1, 0.15) is 30.1 Å². The van der Waals surface area contributed by atoms with E-state index < -0.39 is 5.97 Å².